The number of hydrogen-bond acceptors (Lipinski definition) is 6. The van der Waals surface area contributed by atoms with E-state index in [1.54, 1.807) is 12.3 Å². The largest absolute Gasteiger partial charge is 0.301 e. The van der Waals surface area contributed by atoms with Crippen molar-refractivity contribution >= 4 is 34.1 Å². The predicted molar refractivity (Wildman–Crippen MR) is 106 cm³/mol. The maximum atomic E-state index is 12.4. The number of aromatic nitrogens is 4. The quantitative estimate of drug-likeness (QED) is 0.491. The second kappa shape index (κ2) is 8.29. The number of hydrogen-bond donors (Lipinski definition) is 1. The van der Waals surface area contributed by atoms with Crippen molar-refractivity contribution in [3.05, 3.63) is 54.1 Å². The zero-order chi connectivity index (χ0) is 18.5. The number of nitrogens with one attached hydrogen (secondary N) is 1. The van der Waals surface area contributed by atoms with Gasteiger partial charge < -0.3 is 5.32 Å². The number of carbonyl (C=O) groups is 1. The Hall–Kier alpha value is -2.45. The molecular formula is C18H19N5OS2. The minimum absolute atomic E-state index is 0.116. The zero-order valence-corrected chi connectivity index (χ0v) is 16.2. The van der Waals surface area contributed by atoms with E-state index in [0.717, 1.165) is 11.4 Å². The number of benzene rings is 1. The van der Waals surface area contributed by atoms with Gasteiger partial charge >= 0.3 is 0 Å². The maximum Gasteiger partial charge on any atom is 0.239 e. The number of amides is 1. The number of thioether (sulfide) groups is 1. The molecule has 1 atom stereocenters. The van der Waals surface area contributed by atoms with Crippen LogP contribution in [0, 0.1) is 6.92 Å². The number of thiazole rings is 1. The molecule has 3 aromatic rings. The van der Waals surface area contributed by atoms with E-state index >= 15 is 0 Å². The monoisotopic (exact) mass is 385 g/mol. The highest BCUT2D eigenvalue weighted by Gasteiger charge is 2.21. The average Bonchev–Trinajstić information content (AvgIpc) is 3.27. The fourth-order valence-corrected chi connectivity index (χ4v) is 3.68. The summed E-state index contributed by atoms with van der Waals surface area (Å²) in [6, 6.07) is 8.12. The Labute approximate surface area is 160 Å². The number of anilines is 1. The Balaban J connectivity index is 1.79. The fourth-order valence-electron chi connectivity index (χ4n) is 2.29. The number of rotatable bonds is 7. The first kappa shape index (κ1) is 18.3. The molecule has 134 valence electrons. The highest BCUT2D eigenvalue weighted by atomic mass is 32.2. The topological polar surface area (TPSA) is 72.7 Å². The second-order valence-corrected chi connectivity index (χ2v) is 7.86. The molecule has 2 heterocycles. The van der Waals surface area contributed by atoms with Crippen LogP contribution in [0.25, 0.3) is 11.4 Å². The van der Waals surface area contributed by atoms with Gasteiger partial charge in [0.15, 0.2) is 16.1 Å². The zero-order valence-electron chi connectivity index (χ0n) is 14.5. The highest BCUT2D eigenvalue weighted by molar-refractivity contribution is 8.00. The maximum absolute atomic E-state index is 12.4. The van der Waals surface area contributed by atoms with Gasteiger partial charge in [-0.2, -0.15) is 0 Å². The molecule has 0 aliphatic carbocycles. The summed E-state index contributed by atoms with van der Waals surface area (Å²) in [4.78, 5) is 16.4. The average molecular weight is 386 g/mol. The van der Waals surface area contributed by atoms with Gasteiger partial charge in [-0.3, -0.25) is 9.36 Å². The van der Waals surface area contributed by atoms with Crippen LogP contribution in [-0.4, -0.2) is 30.9 Å². The molecule has 0 spiro atoms. The first-order chi connectivity index (χ1) is 12.6. The van der Waals surface area contributed by atoms with E-state index in [4.69, 9.17) is 0 Å². The normalized spacial score (nSPS) is 11.9. The highest BCUT2D eigenvalue weighted by Crippen LogP contribution is 2.27. The molecule has 0 fully saturated rings. The number of allylic oxidation sites excluding steroid dienone is 1. The van der Waals surface area contributed by atoms with Crippen LogP contribution in [0.2, 0.25) is 0 Å². The van der Waals surface area contributed by atoms with Gasteiger partial charge in [0, 0.05) is 23.7 Å². The van der Waals surface area contributed by atoms with Crippen LogP contribution in [0.4, 0.5) is 5.13 Å². The third-order valence-corrected chi connectivity index (χ3v) is 5.42. The molecule has 0 unspecified atom stereocenters. The lowest BCUT2D eigenvalue weighted by Crippen LogP contribution is -2.22. The standard InChI is InChI=1S/C18H19N5OS2/c1-4-10-23-15(14-7-5-12(2)6-8-14)21-22-18(23)26-13(3)16(24)20-17-19-9-11-25-17/h4-9,11,13H,1,10H2,2-3H3,(H,19,20,24)/t13-/m1/s1. The summed E-state index contributed by atoms with van der Waals surface area (Å²) in [5, 5.41) is 14.2. The van der Waals surface area contributed by atoms with Crippen LogP contribution in [0.1, 0.15) is 12.5 Å². The molecule has 26 heavy (non-hydrogen) atoms. The van der Waals surface area contributed by atoms with E-state index in [1.807, 2.05) is 48.1 Å². The van der Waals surface area contributed by atoms with Crippen molar-refractivity contribution in [3.8, 4) is 11.4 Å². The van der Waals surface area contributed by atoms with Crippen LogP contribution < -0.4 is 5.32 Å². The summed E-state index contributed by atoms with van der Waals surface area (Å²) in [5.74, 6) is 0.648. The van der Waals surface area contributed by atoms with E-state index in [2.05, 4.69) is 27.1 Å². The summed E-state index contributed by atoms with van der Waals surface area (Å²) in [7, 11) is 0. The lowest BCUT2D eigenvalue weighted by molar-refractivity contribution is -0.115. The first-order valence-electron chi connectivity index (χ1n) is 8.06. The Kier molecular flexibility index (Phi) is 5.85. The van der Waals surface area contributed by atoms with Crippen LogP contribution in [-0.2, 0) is 11.3 Å². The minimum Gasteiger partial charge on any atom is -0.301 e. The minimum atomic E-state index is -0.336. The van der Waals surface area contributed by atoms with Gasteiger partial charge in [-0.15, -0.1) is 28.1 Å². The smallest absolute Gasteiger partial charge is 0.239 e. The van der Waals surface area contributed by atoms with Crippen molar-refractivity contribution < 1.29 is 4.79 Å². The van der Waals surface area contributed by atoms with E-state index < -0.39 is 0 Å². The lowest BCUT2D eigenvalue weighted by atomic mass is 10.1. The third kappa shape index (κ3) is 4.20. The van der Waals surface area contributed by atoms with Crippen LogP contribution >= 0.6 is 23.1 Å². The van der Waals surface area contributed by atoms with Crippen molar-refractivity contribution in [3.63, 3.8) is 0 Å². The molecule has 0 aliphatic heterocycles. The SMILES string of the molecule is C=CCn1c(S[C@H](C)C(=O)Nc2nccs2)nnc1-c1ccc(C)cc1. The van der Waals surface area contributed by atoms with Gasteiger partial charge in [0.1, 0.15) is 0 Å². The summed E-state index contributed by atoms with van der Waals surface area (Å²) >= 11 is 2.76. The molecule has 2 aromatic heterocycles. The molecule has 8 heteroatoms. The van der Waals surface area contributed by atoms with Crippen molar-refractivity contribution in [2.24, 2.45) is 0 Å². The molecule has 0 saturated carbocycles. The Morgan fingerprint density at radius 1 is 1.38 bits per heavy atom. The summed E-state index contributed by atoms with van der Waals surface area (Å²) in [5.41, 5.74) is 2.17. The number of carbonyl (C=O) groups excluding carboxylic acids is 1. The van der Waals surface area contributed by atoms with E-state index in [1.165, 1.54) is 28.7 Å². The summed E-state index contributed by atoms with van der Waals surface area (Å²) in [6.07, 6.45) is 3.46. The van der Waals surface area contributed by atoms with Gasteiger partial charge in [0.25, 0.3) is 0 Å². The molecular weight excluding hydrogens is 366 g/mol. The molecule has 0 radical (unpaired) electrons. The lowest BCUT2D eigenvalue weighted by Gasteiger charge is -2.12. The van der Waals surface area contributed by atoms with E-state index in [0.29, 0.717) is 16.8 Å². The van der Waals surface area contributed by atoms with Crippen molar-refractivity contribution in [2.75, 3.05) is 5.32 Å². The van der Waals surface area contributed by atoms with Gasteiger partial charge in [-0.05, 0) is 13.8 Å². The molecule has 1 N–H and O–H groups in total. The Morgan fingerprint density at radius 3 is 2.81 bits per heavy atom. The molecule has 3 rings (SSSR count). The van der Waals surface area contributed by atoms with Crippen LogP contribution in [0.15, 0.2) is 53.7 Å². The molecule has 0 saturated heterocycles. The first-order valence-corrected chi connectivity index (χ1v) is 9.82. The van der Waals surface area contributed by atoms with Crippen molar-refractivity contribution in [2.45, 2.75) is 30.8 Å². The van der Waals surface area contributed by atoms with Crippen molar-refractivity contribution in [1.82, 2.24) is 19.7 Å². The van der Waals surface area contributed by atoms with Crippen molar-refractivity contribution in [1.29, 1.82) is 0 Å². The molecule has 0 bridgehead atoms. The number of aryl methyl sites for hydroxylation is 1. The predicted octanol–water partition coefficient (Wildman–Crippen LogP) is 4.02. The molecule has 0 aliphatic rings. The Bertz CT molecular complexity index is 887. The van der Waals surface area contributed by atoms with E-state index in [9.17, 15) is 4.79 Å². The van der Waals surface area contributed by atoms with Gasteiger partial charge in [-0.1, -0.05) is 47.7 Å². The molecule has 1 amide bonds. The third-order valence-electron chi connectivity index (χ3n) is 3.65. The fraction of sp³-hybridized carbons (Fsp3) is 0.222. The van der Waals surface area contributed by atoms with Gasteiger partial charge in [0.05, 0.1) is 5.25 Å². The molecule has 1 aromatic carbocycles. The van der Waals surface area contributed by atoms with E-state index in [-0.39, 0.29) is 11.2 Å². The number of nitrogens with zero attached hydrogens (tertiary/aromatic N) is 4. The van der Waals surface area contributed by atoms with Crippen LogP contribution in [0.3, 0.4) is 0 Å². The summed E-state index contributed by atoms with van der Waals surface area (Å²) < 4.78 is 1.97. The summed E-state index contributed by atoms with van der Waals surface area (Å²) in [6.45, 7) is 8.27. The van der Waals surface area contributed by atoms with Gasteiger partial charge in [0.2, 0.25) is 5.91 Å². The Morgan fingerprint density at radius 2 is 2.15 bits per heavy atom. The van der Waals surface area contributed by atoms with Crippen LogP contribution in [0.5, 0.6) is 0 Å². The second-order valence-electron chi connectivity index (χ2n) is 5.66. The van der Waals surface area contributed by atoms with Gasteiger partial charge in [-0.25, -0.2) is 4.98 Å². The molecule has 6 nitrogen and oxygen atoms in total.